The molecule has 0 aliphatic rings. The summed E-state index contributed by atoms with van der Waals surface area (Å²) in [5.74, 6) is 0.875. The van der Waals surface area contributed by atoms with E-state index in [1.165, 1.54) is 18.2 Å². The molecule has 2 aromatic rings. The van der Waals surface area contributed by atoms with E-state index in [-0.39, 0.29) is 12.0 Å². The van der Waals surface area contributed by atoms with E-state index in [1.54, 1.807) is 6.20 Å². The van der Waals surface area contributed by atoms with Crippen molar-refractivity contribution in [2.24, 2.45) is 0 Å². The highest BCUT2D eigenvalue weighted by Crippen LogP contribution is 2.31. The Bertz CT molecular complexity index is 708. The minimum absolute atomic E-state index is 0.01000. The molecule has 0 unspecified atom stereocenters. The Morgan fingerprint density at radius 1 is 1.28 bits per heavy atom. The number of benzene rings is 1. The van der Waals surface area contributed by atoms with Crippen LogP contribution in [0.5, 0.6) is 0 Å². The van der Waals surface area contributed by atoms with Gasteiger partial charge in [-0.25, -0.2) is 4.98 Å². The molecule has 0 saturated carbocycles. The van der Waals surface area contributed by atoms with Crippen LogP contribution in [0.3, 0.4) is 0 Å². The van der Waals surface area contributed by atoms with Gasteiger partial charge in [-0.3, -0.25) is 4.79 Å². The number of hydrogen-bond acceptors (Lipinski definition) is 2. The molecular formula is C18H22F3N3O. The minimum atomic E-state index is -4.45. The summed E-state index contributed by atoms with van der Waals surface area (Å²) in [5.41, 5.74) is -0.769. The molecular weight excluding hydrogens is 331 g/mol. The lowest BCUT2D eigenvalue weighted by molar-refractivity contribution is -0.138. The van der Waals surface area contributed by atoms with Gasteiger partial charge >= 0.3 is 6.18 Å². The Labute approximate surface area is 145 Å². The Balaban J connectivity index is 1.83. The van der Waals surface area contributed by atoms with Crippen molar-refractivity contribution in [3.05, 3.63) is 53.6 Å². The van der Waals surface area contributed by atoms with Crippen LogP contribution in [0.25, 0.3) is 0 Å². The molecule has 1 amide bonds. The van der Waals surface area contributed by atoms with Gasteiger partial charge in [-0.05, 0) is 18.1 Å². The number of carbonyl (C=O) groups excluding carboxylic acids is 1. The Morgan fingerprint density at radius 3 is 2.68 bits per heavy atom. The van der Waals surface area contributed by atoms with E-state index < -0.39 is 17.6 Å². The molecule has 4 nitrogen and oxygen atoms in total. The molecule has 0 aliphatic heterocycles. The second-order valence-corrected chi connectivity index (χ2v) is 6.17. The number of amides is 1. The van der Waals surface area contributed by atoms with Crippen LogP contribution < -0.4 is 5.32 Å². The van der Waals surface area contributed by atoms with Crippen molar-refractivity contribution in [3.63, 3.8) is 0 Å². The van der Waals surface area contributed by atoms with Gasteiger partial charge in [0.2, 0.25) is 5.91 Å². The number of nitrogens with one attached hydrogen (secondary N) is 1. The van der Waals surface area contributed by atoms with Gasteiger partial charge in [0.1, 0.15) is 5.82 Å². The Kier molecular flexibility index (Phi) is 6.22. The number of rotatable bonds is 7. The molecule has 0 fully saturated rings. The molecule has 1 N–H and O–H groups in total. The molecule has 2 rings (SSSR count). The number of halogens is 3. The summed E-state index contributed by atoms with van der Waals surface area (Å²) >= 11 is 0. The van der Waals surface area contributed by atoms with E-state index in [0.29, 0.717) is 25.4 Å². The lowest BCUT2D eigenvalue weighted by atomic mass is 10.0. The lowest BCUT2D eigenvalue weighted by Crippen LogP contribution is -2.27. The average molecular weight is 353 g/mol. The molecule has 7 heteroatoms. The fourth-order valence-electron chi connectivity index (χ4n) is 2.67. The molecule has 0 saturated heterocycles. The molecule has 0 aliphatic carbocycles. The van der Waals surface area contributed by atoms with Crippen molar-refractivity contribution in [3.8, 4) is 0 Å². The lowest BCUT2D eigenvalue weighted by Gasteiger charge is -2.13. The molecule has 0 radical (unpaired) electrons. The zero-order valence-electron chi connectivity index (χ0n) is 14.3. The smallest absolute Gasteiger partial charge is 0.356 e. The monoisotopic (exact) mass is 353 g/mol. The summed E-state index contributed by atoms with van der Waals surface area (Å²) in [7, 11) is 0. The predicted molar refractivity (Wildman–Crippen MR) is 89.1 cm³/mol. The van der Waals surface area contributed by atoms with E-state index in [4.69, 9.17) is 0 Å². The Morgan fingerprint density at radius 2 is 2.00 bits per heavy atom. The zero-order chi connectivity index (χ0) is 18.4. The zero-order valence-corrected chi connectivity index (χ0v) is 14.3. The summed E-state index contributed by atoms with van der Waals surface area (Å²) in [4.78, 5) is 16.2. The van der Waals surface area contributed by atoms with Crippen molar-refractivity contribution in [2.45, 2.75) is 45.3 Å². The van der Waals surface area contributed by atoms with Gasteiger partial charge in [-0.2, -0.15) is 13.2 Å². The summed E-state index contributed by atoms with van der Waals surface area (Å²) in [5, 5.41) is 2.68. The van der Waals surface area contributed by atoms with Crippen LogP contribution in [0.4, 0.5) is 13.2 Å². The number of carbonyl (C=O) groups is 1. The van der Waals surface area contributed by atoms with E-state index in [2.05, 4.69) is 24.1 Å². The van der Waals surface area contributed by atoms with Crippen LogP contribution in [0.1, 0.15) is 43.1 Å². The third-order valence-electron chi connectivity index (χ3n) is 3.84. The number of nitrogens with zero attached hydrogens (tertiary/aromatic N) is 2. The van der Waals surface area contributed by atoms with Gasteiger partial charge in [0.15, 0.2) is 0 Å². The summed E-state index contributed by atoms with van der Waals surface area (Å²) < 4.78 is 40.8. The number of aryl methyl sites for hydroxylation is 1. The summed E-state index contributed by atoms with van der Waals surface area (Å²) in [6.07, 6.45) is -0.426. The molecule has 1 aromatic heterocycles. The first-order chi connectivity index (χ1) is 11.8. The van der Waals surface area contributed by atoms with Gasteiger partial charge in [0.25, 0.3) is 0 Å². The Hall–Kier alpha value is -2.31. The maximum absolute atomic E-state index is 12.9. The first-order valence-corrected chi connectivity index (χ1v) is 8.22. The largest absolute Gasteiger partial charge is 0.416 e. The minimum Gasteiger partial charge on any atom is -0.356 e. The van der Waals surface area contributed by atoms with Gasteiger partial charge in [-0.15, -0.1) is 0 Å². The van der Waals surface area contributed by atoms with E-state index in [1.807, 2.05) is 10.8 Å². The fourth-order valence-corrected chi connectivity index (χ4v) is 2.67. The van der Waals surface area contributed by atoms with Crippen molar-refractivity contribution < 1.29 is 18.0 Å². The number of imidazole rings is 1. The average Bonchev–Trinajstić information content (AvgIpc) is 3.00. The van der Waals surface area contributed by atoms with E-state index in [0.717, 1.165) is 11.9 Å². The van der Waals surface area contributed by atoms with Gasteiger partial charge in [-0.1, -0.05) is 32.0 Å². The normalized spacial score (nSPS) is 11.8. The van der Waals surface area contributed by atoms with Crippen molar-refractivity contribution in [1.29, 1.82) is 0 Å². The number of hydrogen-bond donors (Lipinski definition) is 1. The third-order valence-corrected chi connectivity index (χ3v) is 3.84. The first kappa shape index (κ1) is 19.0. The van der Waals surface area contributed by atoms with Gasteiger partial charge < -0.3 is 9.88 Å². The quantitative estimate of drug-likeness (QED) is 0.770. The van der Waals surface area contributed by atoms with Crippen LogP contribution in [0.15, 0.2) is 36.7 Å². The van der Waals surface area contributed by atoms with Crippen LogP contribution in [-0.2, 0) is 23.9 Å². The van der Waals surface area contributed by atoms with Crippen molar-refractivity contribution in [2.75, 3.05) is 6.54 Å². The highest BCUT2D eigenvalue weighted by atomic mass is 19.4. The van der Waals surface area contributed by atoms with Gasteiger partial charge in [0, 0.05) is 31.4 Å². The predicted octanol–water partition coefficient (Wildman–Crippen LogP) is 3.77. The van der Waals surface area contributed by atoms with Gasteiger partial charge in [0.05, 0.1) is 12.0 Å². The summed E-state index contributed by atoms with van der Waals surface area (Å²) in [6, 6.07) is 5.16. The molecule has 1 heterocycles. The molecule has 0 bridgehead atoms. The van der Waals surface area contributed by atoms with Crippen LogP contribution in [0, 0.1) is 0 Å². The second kappa shape index (κ2) is 8.18. The molecule has 136 valence electrons. The first-order valence-electron chi connectivity index (χ1n) is 8.22. The van der Waals surface area contributed by atoms with Crippen molar-refractivity contribution in [1.82, 2.24) is 14.9 Å². The maximum Gasteiger partial charge on any atom is 0.416 e. The number of aromatic nitrogens is 2. The third kappa shape index (κ3) is 5.34. The highest BCUT2D eigenvalue weighted by Gasteiger charge is 2.33. The SMILES string of the molecule is CC(C)c1nccn1CCCNC(=O)Cc1ccccc1C(F)(F)F. The van der Waals surface area contributed by atoms with Crippen molar-refractivity contribution >= 4 is 5.91 Å². The number of alkyl halides is 3. The molecule has 0 spiro atoms. The van der Waals surface area contributed by atoms with Crippen LogP contribution >= 0.6 is 0 Å². The maximum atomic E-state index is 12.9. The van der Waals surface area contributed by atoms with Crippen LogP contribution in [-0.4, -0.2) is 22.0 Å². The second-order valence-electron chi connectivity index (χ2n) is 6.17. The van der Waals surface area contributed by atoms with E-state index in [9.17, 15) is 18.0 Å². The topological polar surface area (TPSA) is 46.9 Å². The molecule has 0 atom stereocenters. The summed E-state index contributed by atoms with van der Waals surface area (Å²) in [6.45, 7) is 5.22. The highest BCUT2D eigenvalue weighted by molar-refractivity contribution is 5.78. The fraction of sp³-hybridized carbons (Fsp3) is 0.444. The van der Waals surface area contributed by atoms with Crippen LogP contribution in [0.2, 0.25) is 0 Å². The molecule has 25 heavy (non-hydrogen) atoms. The standard InChI is InChI=1S/C18H22F3N3O/c1-13(2)17-23-9-11-24(17)10-5-8-22-16(25)12-14-6-3-4-7-15(14)18(19,20)21/h3-4,6-7,9,11,13H,5,8,10,12H2,1-2H3,(H,22,25). The molecule has 1 aromatic carbocycles. The van der Waals surface area contributed by atoms with E-state index >= 15 is 0 Å².